The summed E-state index contributed by atoms with van der Waals surface area (Å²) in [5, 5.41) is 2.92. The van der Waals surface area contributed by atoms with Crippen molar-refractivity contribution in [2.75, 3.05) is 64.3 Å². The quantitative estimate of drug-likeness (QED) is 0.790. The van der Waals surface area contributed by atoms with Gasteiger partial charge in [-0.05, 0) is 12.1 Å². The normalized spacial score (nSPS) is 14.5. The fourth-order valence-corrected chi connectivity index (χ4v) is 3.36. The Kier molecular flexibility index (Phi) is 6.60. The van der Waals surface area contributed by atoms with Crippen LogP contribution in [0, 0.1) is 0 Å². The molecule has 1 amide bonds. The van der Waals surface area contributed by atoms with Gasteiger partial charge in [0.1, 0.15) is 0 Å². The van der Waals surface area contributed by atoms with Gasteiger partial charge in [-0.15, -0.1) is 0 Å². The van der Waals surface area contributed by atoms with Gasteiger partial charge in [0.05, 0.1) is 27.9 Å². The largest absolute Gasteiger partial charge is 0.493 e. The predicted molar refractivity (Wildman–Crippen MR) is 110 cm³/mol. The number of nitrogens with one attached hydrogen (secondary N) is 1. The Hall–Kier alpha value is -2.93. The van der Waals surface area contributed by atoms with E-state index < -0.39 is 0 Å². The number of methoxy groups -OCH3 is 3. The van der Waals surface area contributed by atoms with Gasteiger partial charge in [0.2, 0.25) is 11.7 Å². The molecule has 2 aromatic carbocycles. The van der Waals surface area contributed by atoms with Gasteiger partial charge in [-0.1, -0.05) is 18.2 Å². The molecule has 0 unspecified atom stereocenters. The number of carbonyl (C=O) groups excluding carboxylic acids is 1. The van der Waals surface area contributed by atoms with E-state index in [1.54, 1.807) is 33.5 Å². The summed E-state index contributed by atoms with van der Waals surface area (Å²) in [4.78, 5) is 17.0. The first-order chi connectivity index (χ1) is 13.6. The smallest absolute Gasteiger partial charge is 0.238 e. The molecule has 28 heavy (non-hydrogen) atoms. The van der Waals surface area contributed by atoms with E-state index >= 15 is 0 Å². The second kappa shape index (κ2) is 9.32. The van der Waals surface area contributed by atoms with Gasteiger partial charge in [0, 0.05) is 49.7 Å². The lowest BCUT2D eigenvalue weighted by molar-refractivity contribution is -0.117. The number of ether oxygens (including phenoxy) is 3. The molecule has 150 valence electrons. The van der Waals surface area contributed by atoms with Gasteiger partial charge < -0.3 is 24.4 Å². The number of piperazine rings is 1. The Morgan fingerprint density at radius 3 is 2.07 bits per heavy atom. The Balaban J connectivity index is 1.56. The highest BCUT2D eigenvalue weighted by atomic mass is 16.5. The Morgan fingerprint density at radius 1 is 0.929 bits per heavy atom. The van der Waals surface area contributed by atoms with Crippen LogP contribution in [-0.4, -0.2) is 64.9 Å². The summed E-state index contributed by atoms with van der Waals surface area (Å²) in [6.07, 6.45) is 0. The number of para-hydroxylation sites is 1. The van der Waals surface area contributed by atoms with Crippen LogP contribution in [0.1, 0.15) is 0 Å². The molecule has 7 nitrogen and oxygen atoms in total. The zero-order chi connectivity index (χ0) is 19.9. The fourth-order valence-electron chi connectivity index (χ4n) is 3.36. The van der Waals surface area contributed by atoms with Crippen LogP contribution in [0.5, 0.6) is 17.2 Å². The van der Waals surface area contributed by atoms with Crippen molar-refractivity contribution >= 4 is 17.3 Å². The number of hydrogen-bond acceptors (Lipinski definition) is 6. The summed E-state index contributed by atoms with van der Waals surface area (Å²) in [6.45, 7) is 3.84. The maximum absolute atomic E-state index is 12.5. The maximum atomic E-state index is 12.5. The minimum absolute atomic E-state index is 0.0672. The van der Waals surface area contributed by atoms with Crippen molar-refractivity contribution < 1.29 is 19.0 Å². The Bertz CT molecular complexity index is 764. The molecule has 0 atom stereocenters. The van der Waals surface area contributed by atoms with Crippen molar-refractivity contribution in [2.45, 2.75) is 0 Å². The van der Waals surface area contributed by atoms with Crippen molar-refractivity contribution in [1.82, 2.24) is 4.90 Å². The highest BCUT2D eigenvalue weighted by Crippen LogP contribution is 2.39. The number of carbonyl (C=O) groups is 1. The summed E-state index contributed by atoms with van der Waals surface area (Å²) in [7, 11) is 4.65. The van der Waals surface area contributed by atoms with E-state index in [1.807, 2.05) is 18.2 Å². The Labute approximate surface area is 165 Å². The molecule has 0 spiro atoms. The number of anilines is 2. The molecule has 1 N–H and O–H groups in total. The first-order valence-electron chi connectivity index (χ1n) is 9.26. The van der Waals surface area contributed by atoms with Crippen LogP contribution in [0.15, 0.2) is 42.5 Å². The monoisotopic (exact) mass is 385 g/mol. The van der Waals surface area contributed by atoms with Gasteiger partial charge in [-0.2, -0.15) is 0 Å². The molecule has 1 aliphatic rings. The third-order valence-electron chi connectivity index (χ3n) is 4.81. The van der Waals surface area contributed by atoms with E-state index in [9.17, 15) is 4.79 Å². The molecular formula is C21H27N3O4. The van der Waals surface area contributed by atoms with Crippen molar-refractivity contribution in [3.8, 4) is 17.2 Å². The van der Waals surface area contributed by atoms with Crippen LogP contribution in [0.2, 0.25) is 0 Å². The third kappa shape index (κ3) is 4.67. The zero-order valence-corrected chi connectivity index (χ0v) is 16.6. The molecule has 1 saturated heterocycles. The van der Waals surface area contributed by atoms with Gasteiger partial charge in [0.15, 0.2) is 11.5 Å². The van der Waals surface area contributed by atoms with Crippen LogP contribution in [0.4, 0.5) is 11.4 Å². The molecule has 0 radical (unpaired) electrons. The average molecular weight is 385 g/mol. The summed E-state index contributed by atoms with van der Waals surface area (Å²) < 4.78 is 16.0. The lowest BCUT2D eigenvalue weighted by Gasteiger charge is -2.35. The lowest BCUT2D eigenvalue weighted by atomic mass is 10.2. The molecular weight excluding hydrogens is 358 g/mol. The van der Waals surface area contributed by atoms with E-state index in [0.29, 0.717) is 29.5 Å². The van der Waals surface area contributed by atoms with Crippen LogP contribution < -0.4 is 24.4 Å². The number of nitrogens with zero attached hydrogens (tertiary/aromatic N) is 2. The topological polar surface area (TPSA) is 63.3 Å². The van der Waals surface area contributed by atoms with Gasteiger partial charge >= 0.3 is 0 Å². The molecule has 1 aliphatic heterocycles. The van der Waals surface area contributed by atoms with Gasteiger partial charge in [0.25, 0.3) is 0 Å². The van der Waals surface area contributed by atoms with E-state index in [-0.39, 0.29) is 5.91 Å². The molecule has 3 rings (SSSR count). The first kappa shape index (κ1) is 19.8. The van der Waals surface area contributed by atoms with Crippen LogP contribution in [0.3, 0.4) is 0 Å². The molecule has 1 fully saturated rings. The van der Waals surface area contributed by atoms with Crippen molar-refractivity contribution in [1.29, 1.82) is 0 Å². The average Bonchev–Trinajstić information content (AvgIpc) is 2.74. The van der Waals surface area contributed by atoms with E-state index in [0.717, 1.165) is 26.2 Å². The molecule has 0 aromatic heterocycles. The second-order valence-electron chi connectivity index (χ2n) is 6.56. The van der Waals surface area contributed by atoms with E-state index in [1.165, 1.54) is 5.69 Å². The number of benzene rings is 2. The SMILES string of the molecule is COc1cc(NC(=O)CN2CCN(c3ccccc3)CC2)cc(OC)c1OC. The van der Waals surface area contributed by atoms with Crippen molar-refractivity contribution in [2.24, 2.45) is 0 Å². The van der Waals surface area contributed by atoms with Gasteiger partial charge in [-0.25, -0.2) is 0 Å². The summed E-state index contributed by atoms with van der Waals surface area (Å²) >= 11 is 0. The number of rotatable bonds is 7. The standard InChI is InChI=1S/C21H27N3O4/c1-26-18-13-16(14-19(27-2)21(18)28-3)22-20(25)15-23-9-11-24(12-10-23)17-7-5-4-6-8-17/h4-8,13-14H,9-12,15H2,1-3H3,(H,22,25). The van der Waals surface area contributed by atoms with Crippen molar-refractivity contribution in [3.05, 3.63) is 42.5 Å². The molecule has 2 aromatic rings. The number of amides is 1. The molecule has 7 heteroatoms. The minimum Gasteiger partial charge on any atom is -0.493 e. The molecule has 0 aliphatic carbocycles. The van der Waals surface area contributed by atoms with Crippen molar-refractivity contribution in [3.63, 3.8) is 0 Å². The lowest BCUT2D eigenvalue weighted by Crippen LogP contribution is -2.48. The zero-order valence-electron chi connectivity index (χ0n) is 16.6. The predicted octanol–water partition coefficient (Wildman–Crippen LogP) is 2.47. The van der Waals surface area contributed by atoms with Crippen LogP contribution >= 0.6 is 0 Å². The van der Waals surface area contributed by atoms with Crippen LogP contribution in [0.25, 0.3) is 0 Å². The summed E-state index contributed by atoms with van der Waals surface area (Å²) in [5.74, 6) is 1.45. The molecule has 0 bridgehead atoms. The fraction of sp³-hybridized carbons (Fsp3) is 0.381. The first-order valence-corrected chi connectivity index (χ1v) is 9.26. The Morgan fingerprint density at radius 2 is 1.54 bits per heavy atom. The maximum Gasteiger partial charge on any atom is 0.238 e. The summed E-state index contributed by atoms with van der Waals surface area (Å²) in [6, 6.07) is 13.8. The van der Waals surface area contributed by atoms with Gasteiger partial charge in [-0.3, -0.25) is 9.69 Å². The number of hydrogen-bond donors (Lipinski definition) is 1. The highest BCUT2D eigenvalue weighted by Gasteiger charge is 2.20. The molecule has 1 heterocycles. The minimum atomic E-state index is -0.0672. The molecule has 0 saturated carbocycles. The summed E-state index contributed by atoms with van der Waals surface area (Å²) in [5.41, 5.74) is 1.84. The third-order valence-corrected chi connectivity index (χ3v) is 4.81. The van der Waals surface area contributed by atoms with Crippen LogP contribution in [-0.2, 0) is 4.79 Å². The van der Waals surface area contributed by atoms with E-state index in [4.69, 9.17) is 14.2 Å². The highest BCUT2D eigenvalue weighted by molar-refractivity contribution is 5.93. The van der Waals surface area contributed by atoms with E-state index in [2.05, 4.69) is 27.2 Å². The second-order valence-corrected chi connectivity index (χ2v) is 6.56.